The average Bonchev–Trinajstić information content (AvgIpc) is 3.62. The first-order valence-corrected chi connectivity index (χ1v) is 14.2. The van der Waals surface area contributed by atoms with E-state index in [1.807, 2.05) is 6.07 Å². The molecule has 0 amide bonds. The molecule has 0 radical (unpaired) electrons. The van der Waals surface area contributed by atoms with Crippen molar-refractivity contribution in [3.63, 3.8) is 0 Å². The molecule has 0 aliphatic rings. The van der Waals surface area contributed by atoms with E-state index in [4.69, 9.17) is 9.97 Å². The lowest BCUT2D eigenvalue weighted by Crippen LogP contribution is -2.03. The highest BCUT2D eigenvalue weighted by Crippen LogP contribution is 2.37. The van der Waals surface area contributed by atoms with Crippen LogP contribution < -0.4 is 0 Å². The quantitative estimate of drug-likeness (QED) is 0.225. The van der Waals surface area contributed by atoms with E-state index >= 15 is 0 Å². The molecule has 196 valence electrons. The number of nitrogens with zero attached hydrogens (tertiary/aromatic N) is 4. The molecular weight excluding hydrogens is 512 g/mol. The highest BCUT2D eigenvalue weighted by atomic mass is 15.2. The summed E-state index contributed by atoms with van der Waals surface area (Å²) >= 11 is 0. The number of fused-ring (bicyclic) bond motifs is 6. The van der Waals surface area contributed by atoms with Gasteiger partial charge in [0, 0.05) is 39.0 Å². The normalized spacial score (nSPS) is 11.8. The monoisotopic (exact) mass is 536 g/mol. The molecule has 42 heavy (non-hydrogen) atoms. The van der Waals surface area contributed by atoms with E-state index in [0.29, 0.717) is 5.95 Å². The predicted octanol–water partition coefficient (Wildman–Crippen LogP) is 9.49. The van der Waals surface area contributed by atoms with E-state index in [1.165, 1.54) is 26.9 Å². The van der Waals surface area contributed by atoms with Crippen molar-refractivity contribution in [2.75, 3.05) is 0 Å². The number of hydrogen-bond donors (Lipinski definition) is 0. The number of rotatable bonds is 3. The fourth-order valence-electron chi connectivity index (χ4n) is 6.43. The third kappa shape index (κ3) is 3.36. The third-order valence-corrected chi connectivity index (χ3v) is 8.35. The van der Waals surface area contributed by atoms with Crippen LogP contribution in [0.3, 0.4) is 0 Å². The smallest absolute Gasteiger partial charge is 0.235 e. The maximum atomic E-state index is 5.36. The van der Waals surface area contributed by atoms with Crippen molar-refractivity contribution in [2.45, 2.75) is 0 Å². The zero-order valence-corrected chi connectivity index (χ0v) is 22.6. The van der Waals surface area contributed by atoms with Gasteiger partial charge in [-0.25, -0.2) is 9.97 Å². The minimum atomic E-state index is 0.667. The molecule has 9 rings (SSSR count). The topological polar surface area (TPSA) is 35.6 Å². The molecule has 0 bridgehead atoms. The van der Waals surface area contributed by atoms with Crippen molar-refractivity contribution in [2.24, 2.45) is 0 Å². The van der Waals surface area contributed by atoms with E-state index in [-0.39, 0.29) is 0 Å². The highest BCUT2D eigenvalue weighted by molar-refractivity contribution is 6.13. The van der Waals surface area contributed by atoms with Crippen molar-refractivity contribution < 1.29 is 0 Å². The van der Waals surface area contributed by atoms with Crippen LogP contribution in [0.4, 0.5) is 0 Å². The van der Waals surface area contributed by atoms with Gasteiger partial charge in [0.25, 0.3) is 0 Å². The Morgan fingerprint density at radius 2 is 1.19 bits per heavy atom. The second kappa shape index (κ2) is 8.88. The Balaban J connectivity index is 1.39. The van der Waals surface area contributed by atoms with Crippen molar-refractivity contribution in [3.8, 4) is 22.9 Å². The van der Waals surface area contributed by atoms with Gasteiger partial charge in [0.15, 0.2) is 0 Å². The highest BCUT2D eigenvalue weighted by Gasteiger charge is 2.19. The number of hydrogen-bond acceptors (Lipinski definition) is 2. The van der Waals surface area contributed by atoms with Crippen LogP contribution in [0.15, 0.2) is 146 Å². The minimum absolute atomic E-state index is 0.667. The molecule has 0 saturated heterocycles. The van der Waals surface area contributed by atoms with Gasteiger partial charge < -0.3 is 4.57 Å². The largest absolute Gasteiger partial charge is 0.316 e. The first-order chi connectivity index (χ1) is 20.8. The lowest BCUT2D eigenvalue weighted by molar-refractivity contribution is 1.01. The number of aromatic nitrogens is 4. The molecule has 3 aromatic heterocycles. The van der Waals surface area contributed by atoms with Crippen LogP contribution in [0.5, 0.6) is 0 Å². The van der Waals surface area contributed by atoms with E-state index in [0.717, 1.165) is 44.4 Å². The van der Waals surface area contributed by atoms with E-state index in [9.17, 15) is 0 Å². The third-order valence-electron chi connectivity index (χ3n) is 8.35. The summed E-state index contributed by atoms with van der Waals surface area (Å²) in [6, 6.07) is 49.1. The first kappa shape index (κ1) is 23.0. The molecule has 0 unspecified atom stereocenters. The molecular formula is C38H24N4. The van der Waals surface area contributed by atoms with Gasteiger partial charge in [-0.3, -0.25) is 4.57 Å². The molecule has 4 nitrogen and oxygen atoms in total. The first-order valence-electron chi connectivity index (χ1n) is 14.2. The van der Waals surface area contributed by atoms with Gasteiger partial charge in [-0.2, -0.15) is 0 Å². The Morgan fingerprint density at radius 3 is 2.10 bits per heavy atom. The Labute approximate surface area is 241 Å². The molecule has 0 aliphatic heterocycles. The van der Waals surface area contributed by atoms with E-state index in [1.54, 1.807) is 0 Å². The molecule has 0 spiro atoms. The van der Waals surface area contributed by atoms with Crippen LogP contribution in [0, 0.1) is 0 Å². The minimum Gasteiger partial charge on any atom is -0.316 e. The van der Waals surface area contributed by atoms with Gasteiger partial charge >= 0.3 is 0 Å². The fraction of sp³-hybridized carbons (Fsp3) is 0. The summed E-state index contributed by atoms with van der Waals surface area (Å²) < 4.78 is 4.48. The van der Waals surface area contributed by atoms with Gasteiger partial charge in [0.05, 0.1) is 27.8 Å². The fourth-order valence-corrected chi connectivity index (χ4v) is 6.43. The number of para-hydroxylation sites is 3. The van der Waals surface area contributed by atoms with Crippen LogP contribution in [0.25, 0.3) is 77.3 Å². The molecule has 0 saturated carbocycles. The summed E-state index contributed by atoms with van der Waals surface area (Å²) in [5.74, 6) is 0.667. The van der Waals surface area contributed by atoms with E-state index < -0.39 is 0 Å². The van der Waals surface area contributed by atoms with Gasteiger partial charge in [-0.15, -0.1) is 0 Å². The zero-order valence-electron chi connectivity index (χ0n) is 22.6. The van der Waals surface area contributed by atoms with Gasteiger partial charge in [0.1, 0.15) is 0 Å². The molecule has 4 heteroatoms. The second-order valence-corrected chi connectivity index (χ2v) is 10.7. The van der Waals surface area contributed by atoms with Crippen LogP contribution in [0.1, 0.15) is 0 Å². The molecule has 0 aliphatic carbocycles. The molecule has 0 atom stereocenters. The van der Waals surface area contributed by atoms with Crippen LogP contribution in [0.2, 0.25) is 0 Å². The summed E-state index contributed by atoms with van der Waals surface area (Å²) in [6.07, 6.45) is 2.15. The maximum absolute atomic E-state index is 5.36. The lowest BCUT2D eigenvalue weighted by Gasteiger charge is -2.13. The molecule has 6 aromatic carbocycles. The van der Waals surface area contributed by atoms with Crippen LogP contribution in [-0.4, -0.2) is 19.1 Å². The molecule has 3 heterocycles. The standard InChI is InChI=1S/C38H24N4/c1-2-13-27(14-3-1)41-22-21-26-23-32-29-16-7-9-20-34(29)42(36(32)24-35(26)41)38-39-33-19-8-6-17-31(33)37(40-38)30-18-10-12-25-11-4-5-15-28(25)30/h1-24H. The Morgan fingerprint density at radius 1 is 0.452 bits per heavy atom. The molecule has 9 aromatic rings. The van der Waals surface area contributed by atoms with Crippen molar-refractivity contribution in [1.29, 1.82) is 0 Å². The second-order valence-electron chi connectivity index (χ2n) is 10.7. The number of benzene rings is 6. The van der Waals surface area contributed by atoms with Crippen LogP contribution >= 0.6 is 0 Å². The predicted molar refractivity (Wildman–Crippen MR) is 174 cm³/mol. The summed E-state index contributed by atoms with van der Waals surface area (Å²) in [5, 5.41) is 6.99. The van der Waals surface area contributed by atoms with Crippen molar-refractivity contribution in [1.82, 2.24) is 19.1 Å². The maximum Gasteiger partial charge on any atom is 0.235 e. The van der Waals surface area contributed by atoms with Crippen molar-refractivity contribution in [3.05, 3.63) is 146 Å². The Hall–Kier alpha value is -5.74. The molecule has 0 N–H and O–H groups in total. The molecule has 0 fully saturated rings. The van der Waals surface area contributed by atoms with Gasteiger partial charge in [-0.1, -0.05) is 97.1 Å². The van der Waals surface area contributed by atoms with Crippen molar-refractivity contribution >= 4 is 54.4 Å². The SMILES string of the molecule is c1ccc(-n2ccc3cc4c5ccccc5n(-c5nc(-c6cccc7ccccc67)c6ccccc6n5)c4cc32)cc1. The zero-order chi connectivity index (χ0) is 27.6. The summed E-state index contributed by atoms with van der Waals surface area (Å²) in [5.41, 5.74) is 7.41. The van der Waals surface area contributed by atoms with E-state index in [2.05, 4.69) is 149 Å². The van der Waals surface area contributed by atoms with Gasteiger partial charge in [-0.05, 0) is 53.2 Å². The van der Waals surface area contributed by atoms with Crippen LogP contribution in [-0.2, 0) is 0 Å². The summed E-state index contributed by atoms with van der Waals surface area (Å²) in [4.78, 5) is 10.5. The van der Waals surface area contributed by atoms with Gasteiger partial charge in [0.2, 0.25) is 5.95 Å². The summed E-state index contributed by atoms with van der Waals surface area (Å²) in [6.45, 7) is 0. The average molecular weight is 537 g/mol. The Bertz CT molecular complexity index is 2460. The lowest BCUT2D eigenvalue weighted by atomic mass is 9.99. The summed E-state index contributed by atoms with van der Waals surface area (Å²) in [7, 11) is 0. The Kier molecular flexibility index (Phi) is 4.87.